The quantitative estimate of drug-likeness (QED) is 0.801. The van der Waals surface area contributed by atoms with Crippen LogP contribution in [0.1, 0.15) is 53.2 Å². The number of benzene rings is 1. The zero-order chi connectivity index (χ0) is 20.7. The molecule has 154 valence electrons. The van der Waals surface area contributed by atoms with Gasteiger partial charge < -0.3 is 10.2 Å². The summed E-state index contributed by atoms with van der Waals surface area (Å²) >= 11 is 0. The lowest BCUT2D eigenvalue weighted by Crippen LogP contribution is -2.48. The number of aromatic nitrogens is 2. The maximum atomic E-state index is 13.0. The number of likely N-dealkylation sites (tertiary alicyclic amines) is 1. The Kier molecular flexibility index (Phi) is 4.78. The van der Waals surface area contributed by atoms with Crippen LogP contribution in [-0.2, 0) is 11.2 Å². The first-order chi connectivity index (χ1) is 14.6. The molecule has 3 aliphatic rings. The van der Waals surface area contributed by atoms with E-state index in [0.29, 0.717) is 36.8 Å². The maximum absolute atomic E-state index is 13.0. The molecule has 2 aliphatic carbocycles. The van der Waals surface area contributed by atoms with Gasteiger partial charge in [0.2, 0.25) is 5.91 Å². The van der Waals surface area contributed by atoms with Gasteiger partial charge in [0.15, 0.2) is 5.82 Å². The van der Waals surface area contributed by atoms with Gasteiger partial charge >= 0.3 is 0 Å². The largest absolute Gasteiger partial charge is 0.338 e. The fourth-order valence-corrected chi connectivity index (χ4v) is 5.07. The molecule has 0 spiro atoms. The van der Waals surface area contributed by atoms with E-state index >= 15 is 0 Å². The van der Waals surface area contributed by atoms with Crippen molar-refractivity contribution in [2.45, 2.75) is 38.0 Å². The van der Waals surface area contributed by atoms with E-state index < -0.39 is 0 Å². The van der Waals surface area contributed by atoms with Crippen molar-refractivity contribution in [2.75, 3.05) is 18.4 Å². The van der Waals surface area contributed by atoms with E-state index in [2.05, 4.69) is 21.6 Å². The summed E-state index contributed by atoms with van der Waals surface area (Å²) in [6, 6.07) is 11.3. The first kappa shape index (κ1) is 18.9. The number of fused-ring (bicyclic) bond motifs is 2. The van der Waals surface area contributed by atoms with Crippen LogP contribution in [-0.4, -0.2) is 40.0 Å². The molecule has 2 heterocycles. The lowest BCUT2D eigenvalue weighted by molar-refractivity contribution is -0.123. The molecular weight excluding hydrogens is 378 g/mol. The fourth-order valence-electron chi connectivity index (χ4n) is 5.07. The topological polar surface area (TPSA) is 102 Å². The predicted octanol–water partition coefficient (Wildman–Crippen LogP) is 3.09. The lowest BCUT2D eigenvalue weighted by Gasteiger charge is -2.37. The molecule has 30 heavy (non-hydrogen) atoms. The van der Waals surface area contributed by atoms with Crippen molar-refractivity contribution >= 4 is 17.6 Å². The molecule has 1 unspecified atom stereocenters. The van der Waals surface area contributed by atoms with E-state index in [9.17, 15) is 9.59 Å². The van der Waals surface area contributed by atoms with Gasteiger partial charge in [-0.05, 0) is 55.2 Å². The first-order valence-electron chi connectivity index (χ1n) is 10.7. The Bertz CT molecular complexity index is 987. The number of amides is 2. The van der Waals surface area contributed by atoms with Crippen molar-refractivity contribution in [1.29, 1.82) is 5.26 Å². The smallest absolute Gasteiger partial charge is 0.253 e. The Morgan fingerprint density at radius 2 is 1.83 bits per heavy atom. The number of aromatic amines is 1. The molecule has 0 radical (unpaired) electrons. The summed E-state index contributed by atoms with van der Waals surface area (Å²) < 4.78 is 0. The van der Waals surface area contributed by atoms with E-state index in [1.54, 1.807) is 12.1 Å². The van der Waals surface area contributed by atoms with Crippen molar-refractivity contribution in [3.8, 4) is 6.07 Å². The van der Waals surface area contributed by atoms with Crippen LogP contribution in [0, 0.1) is 29.1 Å². The van der Waals surface area contributed by atoms with Gasteiger partial charge in [0.1, 0.15) is 0 Å². The lowest BCUT2D eigenvalue weighted by atomic mass is 9.84. The van der Waals surface area contributed by atoms with Crippen molar-refractivity contribution in [2.24, 2.45) is 17.8 Å². The van der Waals surface area contributed by atoms with Gasteiger partial charge in [-0.3, -0.25) is 14.7 Å². The summed E-state index contributed by atoms with van der Waals surface area (Å²) in [7, 11) is 0. The number of anilines is 1. The summed E-state index contributed by atoms with van der Waals surface area (Å²) in [5, 5.41) is 19.1. The molecule has 2 N–H and O–H groups in total. The Labute approximate surface area is 175 Å². The summed E-state index contributed by atoms with van der Waals surface area (Å²) in [6.07, 6.45) is 4.67. The predicted molar refractivity (Wildman–Crippen MR) is 111 cm³/mol. The highest BCUT2D eigenvalue weighted by atomic mass is 16.2. The zero-order valence-electron chi connectivity index (χ0n) is 16.8. The number of carbonyl (C=O) groups is 2. The Morgan fingerprint density at radius 1 is 1.13 bits per heavy atom. The van der Waals surface area contributed by atoms with Crippen LogP contribution in [0.15, 0.2) is 30.3 Å². The molecule has 3 fully saturated rings. The van der Waals surface area contributed by atoms with E-state index in [1.165, 1.54) is 12.8 Å². The summed E-state index contributed by atoms with van der Waals surface area (Å²) in [6.45, 7) is 1.22. The molecule has 1 aromatic heterocycles. The van der Waals surface area contributed by atoms with Gasteiger partial charge in [0, 0.05) is 42.2 Å². The van der Waals surface area contributed by atoms with Crippen LogP contribution in [0.4, 0.5) is 5.82 Å². The molecule has 3 atom stereocenters. The molecule has 1 aromatic carbocycles. The van der Waals surface area contributed by atoms with Crippen molar-refractivity contribution in [3.63, 3.8) is 0 Å². The van der Waals surface area contributed by atoms with E-state index in [1.807, 2.05) is 23.1 Å². The number of hydrogen-bond donors (Lipinski definition) is 2. The number of rotatable bonds is 5. The van der Waals surface area contributed by atoms with E-state index in [0.717, 1.165) is 24.1 Å². The molecule has 1 aliphatic heterocycles. The van der Waals surface area contributed by atoms with Crippen LogP contribution >= 0.6 is 0 Å². The highest BCUT2D eigenvalue weighted by Crippen LogP contribution is 2.43. The van der Waals surface area contributed by atoms with Gasteiger partial charge in [-0.25, -0.2) is 0 Å². The van der Waals surface area contributed by atoms with Crippen molar-refractivity contribution in [3.05, 3.63) is 47.2 Å². The number of piperidine rings is 1. The molecule has 2 aromatic rings. The molecular formula is C23H25N5O2. The van der Waals surface area contributed by atoms with Crippen LogP contribution < -0.4 is 5.32 Å². The standard InChI is InChI=1S/C23H25N5O2/c24-10-9-14-1-3-16(4-2-14)23(30)28-12-17-7-8-18(13-28)21(17)22(29)25-20-11-19(26-27-20)15-5-6-15/h1-4,11,15,17-18,21H,5-9,12-13H2,(H2,25,26,27,29)/t17-,18+,21?. The van der Waals surface area contributed by atoms with Crippen LogP contribution in [0.2, 0.25) is 0 Å². The SMILES string of the molecule is N#CCc1ccc(C(=O)N2C[C@H]3CC[C@@H](C2)C3C(=O)Nc2cc(C3CC3)[nH]n2)cc1. The van der Waals surface area contributed by atoms with Gasteiger partial charge in [0.25, 0.3) is 5.91 Å². The molecule has 2 bridgehead atoms. The molecule has 2 amide bonds. The van der Waals surface area contributed by atoms with Gasteiger partial charge in [0.05, 0.1) is 12.5 Å². The van der Waals surface area contributed by atoms with Crippen molar-refractivity contribution in [1.82, 2.24) is 15.1 Å². The molecule has 7 heteroatoms. The van der Waals surface area contributed by atoms with E-state index in [4.69, 9.17) is 5.26 Å². The number of H-pyrrole nitrogens is 1. The number of nitriles is 1. The third-order valence-electron chi connectivity index (χ3n) is 6.77. The summed E-state index contributed by atoms with van der Waals surface area (Å²) in [4.78, 5) is 27.8. The second-order valence-electron chi connectivity index (χ2n) is 8.84. The molecule has 7 nitrogen and oxygen atoms in total. The summed E-state index contributed by atoms with van der Waals surface area (Å²) in [5.41, 5.74) is 2.66. The number of nitrogens with zero attached hydrogens (tertiary/aromatic N) is 3. The highest BCUT2D eigenvalue weighted by Gasteiger charge is 2.47. The third-order valence-corrected chi connectivity index (χ3v) is 6.77. The van der Waals surface area contributed by atoms with E-state index in [-0.39, 0.29) is 29.6 Å². The normalized spacial score (nSPS) is 25.0. The Hall–Kier alpha value is -3.14. The van der Waals surface area contributed by atoms with Gasteiger partial charge in [-0.2, -0.15) is 10.4 Å². The fraction of sp³-hybridized carbons (Fsp3) is 0.478. The average molecular weight is 403 g/mol. The van der Waals surface area contributed by atoms with Crippen molar-refractivity contribution < 1.29 is 9.59 Å². The van der Waals surface area contributed by atoms with Gasteiger partial charge in [-0.15, -0.1) is 0 Å². The minimum absolute atomic E-state index is 0.00985. The summed E-state index contributed by atoms with van der Waals surface area (Å²) in [5.74, 6) is 1.53. The maximum Gasteiger partial charge on any atom is 0.253 e. The van der Waals surface area contributed by atoms with Crippen LogP contribution in [0.5, 0.6) is 0 Å². The van der Waals surface area contributed by atoms with Crippen LogP contribution in [0.3, 0.4) is 0 Å². The minimum atomic E-state index is -0.0619. The Morgan fingerprint density at radius 3 is 2.47 bits per heavy atom. The monoisotopic (exact) mass is 403 g/mol. The Balaban J connectivity index is 1.23. The second-order valence-corrected chi connectivity index (χ2v) is 8.84. The number of nitrogens with one attached hydrogen (secondary N) is 2. The van der Waals surface area contributed by atoms with Gasteiger partial charge in [-0.1, -0.05) is 12.1 Å². The minimum Gasteiger partial charge on any atom is -0.338 e. The first-order valence-corrected chi connectivity index (χ1v) is 10.7. The zero-order valence-corrected chi connectivity index (χ0v) is 16.8. The second kappa shape index (κ2) is 7.60. The number of carbonyl (C=O) groups excluding carboxylic acids is 2. The molecule has 1 saturated heterocycles. The molecule has 2 saturated carbocycles. The van der Waals surface area contributed by atoms with Crippen LogP contribution in [0.25, 0.3) is 0 Å². The molecule has 5 rings (SSSR count). The average Bonchev–Trinajstić information content (AvgIpc) is 3.44. The number of hydrogen-bond acceptors (Lipinski definition) is 4. The third kappa shape index (κ3) is 3.58. The highest BCUT2D eigenvalue weighted by molar-refractivity contribution is 5.95.